The molecule has 1 fully saturated rings. The fourth-order valence-corrected chi connectivity index (χ4v) is 4.50. The van der Waals surface area contributed by atoms with Crippen LogP contribution in [0.15, 0.2) is 42.1 Å². The molecule has 1 heterocycles. The maximum Gasteiger partial charge on any atom is 0.163 e. The van der Waals surface area contributed by atoms with Gasteiger partial charge in [-0.05, 0) is 19.9 Å². The second-order valence-electron chi connectivity index (χ2n) is 6.38. The molecular formula is C16H24O2Si. The van der Waals surface area contributed by atoms with Gasteiger partial charge in [0.25, 0.3) is 0 Å². The molecule has 0 radical (unpaired) electrons. The third-order valence-corrected chi connectivity index (χ3v) is 5.71. The number of ether oxygens (including phenoxy) is 2. The van der Waals surface area contributed by atoms with Crippen molar-refractivity contribution in [3.63, 3.8) is 0 Å². The Bertz CT molecular complexity index is 437. The minimum absolute atomic E-state index is 0.109. The third kappa shape index (κ3) is 4.60. The molecule has 0 spiro atoms. The molecule has 0 amide bonds. The summed E-state index contributed by atoms with van der Waals surface area (Å²) in [6.45, 7) is 9.37. The molecule has 19 heavy (non-hydrogen) atoms. The van der Waals surface area contributed by atoms with Crippen LogP contribution < -0.4 is 0 Å². The van der Waals surface area contributed by atoms with E-state index in [1.165, 1.54) is 11.6 Å². The van der Waals surface area contributed by atoms with Gasteiger partial charge >= 0.3 is 0 Å². The summed E-state index contributed by atoms with van der Waals surface area (Å²) in [5.74, 6) is -0.430. The van der Waals surface area contributed by atoms with Crippen molar-refractivity contribution in [2.75, 3.05) is 6.61 Å². The Kier molecular flexibility index (Phi) is 4.28. The quantitative estimate of drug-likeness (QED) is 0.780. The first kappa shape index (κ1) is 14.5. The molecule has 2 rings (SSSR count). The van der Waals surface area contributed by atoms with E-state index in [1.807, 2.05) is 13.8 Å². The molecule has 1 aromatic carbocycles. The Labute approximate surface area is 117 Å². The maximum absolute atomic E-state index is 5.81. The Morgan fingerprint density at radius 1 is 1.26 bits per heavy atom. The smallest absolute Gasteiger partial charge is 0.163 e. The first-order chi connectivity index (χ1) is 8.86. The van der Waals surface area contributed by atoms with Gasteiger partial charge in [-0.2, -0.15) is 0 Å². The van der Waals surface area contributed by atoms with E-state index in [0.29, 0.717) is 6.61 Å². The average molecular weight is 276 g/mol. The van der Waals surface area contributed by atoms with E-state index in [-0.39, 0.29) is 6.10 Å². The number of rotatable bonds is 4. The number of benzene rings is 1. The van der Waals surface area contributed by atoms with Crippen LogP contribution in [0.1, 0.15) is 19.4 Å². The molecular weight excluding hydrogens is 252 g/mol. The highest BCUT2D eigenvalue weighted by Gasteiger charge is 2.31. The van der Waals surface area contributed by atoms with Gasteiger partial charge in [0.1, 0.15) is 6.10 Å². The molecule has 1 aliphatic heterocycles. The van der Waals surface area contributed by atoms with Gasteiger partial charge < -0.3 is 9.47 Å². The van der Waals surface area contributed by atoms with Gasteiger partial charge in [0, 0.05) is 0 Å². The molecule has 0 aromatic heterocycles. The average Bonchev–Trinajstić information content (AvgIpc) is 2.67. The van der Waals surface area contributed by atoms with Gasteiger partial charge in [-0.25, -0.2) is 0 Å². The van der Waals surface area contributed by atoms with Crippen LogP contribution in [-0.2, 0) is 15.5 Å². The predicted octanol–water partition coefficient (Wildman–Crippen LogP) is 3.72. The zero-order chi connectivity index (χ0) is 13.9. The molecule has 1 aliphatic rings. The highest BCUT2D eigenvalue weighted by atomic mass is 28.3. The third-order valence-electron chi connectivity index (χ3n) is 3.30. The monoisotopic (exact) mass is 276 g/mol. The van der Waals surface area contributed by atoms with Crippen molar-refractivity contribution in [2.24, 2.45) is 0 Å². The molecule has 2 nitrogen and oxygen atoms in total. The molecule has 0 bridgehead atoms. The van der Waals surface area contributed by atoms with Crippen molar-refractivity contribution in [2.45, 2.75) is 44.9 Å². The summed E-state index contributed by atoms with van der Waals surface area (Å²) in [7, 11) is -1.37. The van der Waals surface area contributed by atoms with Gasteiger partial charge in [0.2, 0.25) is 0 Å². The predicted molar refractivity (Wildman–Crippen MR) is 81.7 cm³/mol. The van der Waals surface area contributed by atoms with Crippen LogP contribution in [-0.4, -0.2) is 26.6 Å². The Balaban J connectivity index is 1.94. The first-order valence-corrected chi connectivity index (χ1v) is 10.2. The van der Waals surface area contributed by atoms with E-state index in [4.69, 9.17) is 9.47 Å². The summed E-state index contributed by atoms with van der Waals surface area (Å²) in [6, 6.07) is 11.9. The second kappa shape index (κ2) is 5.61. The van der Waals surface area contributed by atoms with Crippen molar-refractivity contribution in [3.8, 4) is 0 Å². The zero-order valence-electron chi connectivity index (χ0n) is 12.3. The van der Waals surface area contributed by atoms with Crippen molar-refractivity contribution in [1.29, 1.82) is 0 Å². The minimum atomic E-state index is -1.37. The summed E-state index contributed by atoms with van der Waals surface area (Å²) < 4.78 is 11.4. The van der Waals surface area contributed by atoms with Crippen molar-refractivity contribution >= 4 is 8.07 Å². The summed E-state index contributed by atoms with van der Waals surface area (Å²) in [5.41, 5.74) is 3.81. The fraction of sp³-hybridized carbons (Fsp3) is 0.500. The topological polar surface area (TPSA) is 18.5 Å². The van der Waals surface area contributed by atoms with Gasteiger partial charge in [-0.15, -0.1) is 0 Å². The lowest BCUT2D eigenvalue weighted by Gasteiger charge is -2.19. The van der Waals surface area contributed by atoms with Crippen molar-refractivity contribution in [3.05, 3.63) is 47.7 Å². The number of hydrogen-bond acceptors (Lipinski definition) is 2. The SMILES string of the molecule is CC1(C)OC[C@H](/C=C/[Si](C)(C)Cc2ccccc2)O1. The summed E-state index contributed by atoms with van der Waals surface area (Å²) >= 11 is 0. The van der Waals surface area contributed by atoms with Crippen LogP contribution in [0.3, 0.4) is 0 Å². The molecule has 1 atom stereocenters. The van der Waals surface area contributed by atoms with E-state index in [9.17, 15) is 0 Å². The maximum atomic E-state index is 5.81. The normalized spacial score (nSPS) is 23.1. The lowest BCUT2D eigenvalue weighted by Crippen LogP contribution is -2.28. The van der Waals surface area contributed by atoms with Gasteiger partial charge in [0.05, 0.1) is 14.7 Å². The number of hydrogen-bond donors (Lipinski definition) is 0. The lowest BCUT2D eigenvalue weighted by molar-refractivity contribution is -0.133. The zero-order valence-corrected chi connectivity index (χ0v) is 13.3. The lowest BCUT2D eigenvalue weighted by atomic mass is 10.2. The van der Waals surface area contributed by atoms with E-state index in [2.05, 4.69) is 55.2 Å². The van der Waals surface area contributed by atoms with E-state index in [1.54, 1.807) is 0 Å². The second-order valence-corrected chi connectivity index (χ2v) is 11.0. The summed E-state index contributed by atoms with van der Waals surface area (Å²) in [4.78, 5) is 0. The largest absolute Gasteiger partial charge is 0.347 e. The minimum Gasteiger partial charge on any atom is -0.347 e. The van der Waals surface area contributed by atoms with E-state index in [0.717, 1.165) is 0 Å². The van der Waals surface area contributed by atoms with E-state index >= 15 is 0 Å². The van der Waals surface area contributed by atoms with Crippen LogP contribution in [0.4, 0.5) is 0 Å². The van der Waals surface area contributed by atoms with Crippen LogP contribution in [0.2, 0.25) is 13.1 Å². The molecule has 1 aromatic rings. The molecule has 0 N–H and O–H groups in total. The standard InChI is InChI=1S/C16H24O2Si/c1-16(2)17-12-15(18-16)10-11-19(3,4)13-14-8-6-5-7-9-14/h5-11,15H,12-13H2,1-4H3/b11-10+/t15-/m0/s1. The van der Waals surface area contributed by atoms with Gasteiger partial charge in [-0.1, -0.05) is 60.8 Å². The highest BCUT2D eigenvalue weighted by Crippen LogP contribution is 2.23. The Morgan fingerprint density at radius 3 is 2.53 bits per heavy atom. The Hall–Kier alpha value is -0.903. The van der Waals surface area contributed by atoms with Gasteiger partial charge in [-0.3, -0.25) is 0 Å². The molecule has 1 saturated heterocycles. The summed E-state index contributed by atoms with van der Waals surface area (Å²) in [6.07, 6.45) is 2.31. The molecule has 0 saturated carbocycles. The fourth-order valence-electron chi connectivity index (χ4n) is 2.36. The highest BCUT2D eigenvalue weighted by molar-refractivity contribution is 6.81. The van der Waals surface area contributed by atoms with Gasteiger partial charge in [0.15, 0.2) is 5.79 Å². The first-order valence-electron chi connectivity index (χ1n) is 6.91. The van der Waals surface area contributed by atoms with Crippen LogP contribution in [0.25, 0.3) is 0 Å². The molecule has 0 aliphatic carbocycles. The molecule has 0 unspecified atom stereocenters. The van der Waals surface area contributed by atoms with Crippen molar-refractivity contribution < 1.29 is 9.47 Å². The summed E-state index contributed by atoms with van der Waals surface area (Å²) in [5, 5.41) is 0. The van der Waals surface area contributed by atoms with Crippen LogP contribution in [0, 0.1) is 0 Å². The van der Waals surface area contributed by atoms with Crippen LogP contribution in [0.5, 0.6) is 0 Å². The molecule has 104 valence electrons. The Morgan fingerprint density at radius 2 is 1.95 bits per heavy atom. The van der Waals surface area contributed by atoms with Crippen molar-refractivity contribution in [1.82, 2.24) is 0 Å². The molecule has 3 heteroatoms. The van der Waals surface area contributed by atoms with Crippen LogP contribution >= 0.6 is 0 Å². The van der Waals surface area contributed by atoms with E-state index < -0.39 is 13.9 Å².